The molecule has 0 saturated heterocycles. The zero-order chi connectivity index (χ0) is 20.8. The smallest absolute Gasteiger partial charge is 0.310 e. The van der Waals surface area contributed by atoms with E-state index in [0.717, 1.165) is 36.2 Å². The Morgan fingerprint density at radius 2 is 1.61 bits per heavy atom. The molecule has 1 heterocycles. The van der Waals surface area contributed by atoms with Gasteiger partial charge in [-0.2, -0.15) is 18.2 Å². The molecule has 0 spiro atoms. The highest BCUT2D eigenvalue weighted by Gasteiger charge is 2.24. The molecule has 0 saturated carbocycles. The standard InChI is InChI=1S/C22H34N2O3S/c1-6-7-8-9-10-11-16-28(25,26)27-21-17-20(22(3,4)5)23-24(21)19-14-12-18(2)13-15-19/h12-15,17H,6-11,16H2,1-5H3. The zero-order valence-corrected chi connectivity index (χ0v) is 18.7. The van der Waals surface area contributed by atoms with E-state index in [1.807, 2.05) is 52.0 Å². The summed E-state index contributed by atoms with van der Waals surface area (Å²) in [5, 5.41) is 4.62. The normalized spacial score (nSPS) is 12.3. The van der Waals surface area contributed by atoms with Crippen LogP contribution in [0.4, 0.5) is 0 Å². The van der Waals surface area contributed by atoms with E-state index in [1.54, 1.807) is 10.7 Å². The number of hydrogen-bond acceptors (Lipinski definition) is 4. The maximum Gasteiger partial charge on any atom is 0.310 e. The molecule has 0 N–H and O–H groups in total. The van der Waals surface area contributed by atoms with Crippen molar-refractivity contribution in [3.05, 3.63) is 41.6 Å². The van der Waals surface area contributed by atoms with Crippen molar-refractivity contribution in [3.63, 3.8) is 0 Å². The monoisotopic (exact) mass is 406 g/mol. The maximum atomic E-state index is 12.5. The predicted molar refractivity (Wildman–Crippen MR) is 115 cm³/mol. The van der Waals surface area contributed by atoms with Gasteiger partial charge < -0.3 is 4.18 Å². The molecule has 0 unspecified atom stereocenters. The lowest BCUT2D eigenvalue weighted by Crippen LogP contribution is -2.16. The molecule has 0 fully saturated rings. The van der Waals surface area contributed by atoms with Gasteiger partial charge in [-0.05, 0) is 25.5 Å². The molecule has 0 aliphatic rings. The molecule has 0 bridgehead atoms. The van der Waals surface area contributed by atoms with Gasteiger partial charge in [0.05, 0.1) is 17.1 Å². The summed E-state index contributed by atoms with van der Waals surface area (Å²) in [6, 6.07) is 9.52. The highest BCUT2D eigenvalue weighted by atomic mass is 32.2. The Morgan fingerprint density at radius 3 is 2.21 bits per heavy atom. The highest BCUT2D eigenvalue weighted by molar-refractivity contribution is 7.87. The van der Waals surface area contributed by atoms with Crippen LogP contribution in [0.1, 0.15) is 77.5 Å². The van der Waals surface area contributed by atoms with Crippen LogP contribution in [0.15, 0.2) is 30.3 Å². The van der Waals surface area contributed by atoms with Gasteiger partial charge in [-0.15, -0.1) is 0 Å². The quantitative estimate of drug-likeness (QED) is 0.383. The molecule has 0 amide bonds. The fraction of sp³-hybridized carbons (Fsp3) is 0.591. The third-order valence-electron chi connectivity index (χ3n) is 4.68. The number of aryl methyl sites for hydroxylation is 1. The molecule has 6 heteroatoms. The van der Waals surface area contributed by atoms with Gasteiger partial charge in [0.25, 0.3) is 0 Å². The van der Waals surface area contributed by atoms with Crippen LogP contribution in [0, 0.1) is 6.92 Å². The van der Waals surface area contributed by atoms with Crippen molar-refractivity contribution in [2.45, 2.75) is 78.6 Å². The summed E-state index contributed by atoms with van der Waals surface area (Å²) in [6.07, 6.45) is 6.14. The minimum atomic E-state index is -3.66. The van der Waals surface area contributed by atoms with E-state index >= 15 is 0 Å². The average molecular weight is 407 g/mol. The predicted octanol–water partition coefficient (Wildman–Crippen LogP) is 5.55. The summed E-state index contributed by atoms with van der Waals surface area (Å²) in [6.45, 7) is 10.3. The molecule has 156 valence electrons. The molecule has 28 heavy (non-hydrogen) atoms. The summed E-state index contributed by atoms with van der Waals surface area (Å²) in [5.41, 5.74) is 2.49. The molecule has 0 aliphatic heterocycles. The van der Waals surface area contributed by atoms with Gasteiger partial charge in [0, 0.05) is 11.5 Å². The molecule has 2 rings (SSSR count). The van der Waals surface area contributed by atoms with Crippen molar-refractivity contribution in [2.75, 3.05) is 5.75 Å². The number of nitrogens with zero attached hydrogens (tertiary/aromatic N) is 2. The molecule has 1 aromatic heterocycles. The molecular weight excluding hydrogens is 372 g/mol. The van der Waals surface area contributed by atoms with Gasteiger partial charge in [0.1, 0.15) is 0 Å². The van der Waals surface area contributed by atoms with Gasteiger partial charge in [-0.1, -0.05) is 77.5 Å². The number of benzene rings is 1. The Kier molecular flexibility index (Phi) is 7.70. The summed E-state index contributed by atoms with van der Waals surface area (Å²) in [4.78, 5) is 0. The Labute approximate surface area is 170 Å². The van der Waals surface area contributed by atoms with Crippen LogP contribution in [-0.2, 0) is 15.5 Å². The van der Waals surface area contributed by atoms with Gasteiger partial charge in [-0.25, -0.2) is 0 Å². The average Bonchev–Trinajstić information content (AvgIpc) is 3.02. The van der Waals surface area contributed by atoms with E-state index in [9.17, 15) is 8.42 Å². The second-order valence-corrected chi connectivity index (χ2v) is 10.2. The first-order valence-corrected chi connectivity index (χ1v) is 11.8. The van der Waals surface area contributed by atoms with Gasteiger partial charge in [0.2, 0.25) is 5.88 Å². The van der Waals surface area contributed by atoms with E-state index in [2.05, 4.69) is 12.0 Å². The SMILES string of the molecule is CCCCCCCCS(=O)(=O)Oc1cc(C(C)(C)C)nn1-c1ccc(C)cc1. The van der Waals surface area contributed by atoms with Crippen LogP contribution in [-0.4, -0.2) is 24.0 Å². The first-order chi connectivity index (χ1) is 13.1. The van der Waals surface area contributed by atoms with Crippen LogP contribution in [0.5, 0.6) is 5.88 Å². The first-order valence-electron chi connectivity index (χ1n) is 10.2. The zero-order valence-electron chi connectivity index (χ0n) is 17.9. The van der Waals surface area contributed by atoms with Crippen LogP contribution in [0.25, 0.3) is 5.69 Å². The van der Waals surface area contributed by atoms with E-state index in [1.165, 1.54) is 12.8 Å². The van der Waals surface area contributed by atoms with Gasteiger partial charge >= 0.3 is 10.1 Å². The summed E-state index contributed by atoms with van der Waals surface area (Å²) in [5.74, 6) is 0.281. The first kappa shape index (κ1) is 22.5. The van der Waals surface area contributed by atoms with Crippen LogP contribution in [0.3, 0.4) is 0 Å². The van der Waals surface area contributed by atoms with Crippen LogP contribution >= 0.6 is 0 Å². The topological polar surface area (TPSA) is 61.2 Å². The largest absolute Gasteiger partial charge is 0.361 e. The second kappa shape index (κ2) is 9.59. The van der Waals surface area contributed by atoms with Crippen molar-refractivity contribution in [1.82, 2.24) is 9.78 Å². The van der Waals surface area contributed by atoms with Crippen molar-refractivity contribution >= 4 is 10.1 Å². The second-order valence-electron chi connectivity index (χ2n) is 8.48. The summed E-state index contributed by atoms with van der Waals surface area (Å²) < 4.78 is 32.1. The summed E-state index contributed by atoms with van der Waals surface area (Å²) in [7, 11) is -3.66. The lowest BCUT2D eigenvalue weighted by atomic mass is 9.93. The minimum Gasteiger partial charge on any atom is -0.361 e. The molecule has 0 radical (unpaired) electrons. The highest BCUT2D eigenvalue weighted by Crippen LogP contribution is 2.28. The summed E-state index contributed by atoms with van der Waals surface area (Å²) >= 11 is 0. The third kappa shape index (κ3) is 6.66. The van der Waals surface area contributed by atoms with Crippen LogP contribution < -0.4 is 4.18 Å². The van der Waals surface area contributed by atoms with E-state index < -0.39 is 10.1 Å². The van der Waals surface area contributed by atoms with Crippen LogP contribution in [0.2, 0.25) is 0 Å². The van der Waals surface area contributed by atoms with Crippen molar-refractivity contribution in [2.24, 2.45) is 0 Å². The maximum absolute atomic E-state index is 12.5. The lowest BCUT2D eigenvalue weighted by molar-refractivity contribution is 0.461. The lowest BCUT2D eigenvalue weighted by Gasteiger charge is -2.13. The Hall–Kier alpha value is -1.82. The number of unbranched alkanes of at least 4 members (excludes halogenated alkanes) is 5. The van der Waals surface area contributed by atoms with E-state index in [0.29, 0.717) is 6.42 Å². The number of rotatable bonds is 10. The Bertz CT molecular complexity index is 847. The molecular formula is C22H34N2O3S. The molecule has 5 nitrogen and oxygen atoms in total. The van der Waals surface area contributed by atoms with Gasteiger partial charge in [0.15, 0.2) is 0 Å². The third-order valence-corrected chi connectivity index (χ3v) is 5.90. The molecule has 0 atom stereocenters. The Balaban J connectivity index is 2.16. The fourth-order valence-corrected chi connectivity index (χ4v) is 3.91. The number of hydrogen-bond donors (Lipinski definition) is 0. The van der Waals surface area contributed by atoms with Gasteiger partial charge in [-0.3, -0.25) is 0 Å². The fourth-order valence-electron chi connectivity index (χ4n) is 2.89. The molecule has 1 aromatic carbocycles. The number of aromatic nitrogens is 2. The van der Waals surface area contributed by atoms with Crippen molar-refractivity contribution in [3.8, 4) is 11.6 Å². The molecule has 2 aromatic rings. The van der Waals surface area contributed by atoms with E-state index in [-0.39, 0.29) is 17.0 Å². The minimum absolute atomic E-state index is 0.0308. The molecule has 0 aliphatic carbocycles. The van der Waals surface area contributed by atoms with Crippen molar-refractivity contribution in [1.29, 1.82) is 0 Å². The van der Waals surface area contributed by atoms with E-state index in [4.69, 9.17) is 4.18 Å². The Morgan fingerprint density at radius 1 is 1.00 bits per heavy atom. The van der Waals surface area contributed by atoms with Crippen molar-refractivity contribution < 1.29 is 12.6 Å².